The molecule has 28 heavy (non-hydrogen) atoms. The van der Waals surface area contributed by atoms with E-state index >= 15 is 0 Å². The normalized spacial score (nSPS) is 15.9. The molecule has 1 N–H and O–H groups in total. The summed E-state index contributed by atoms with van der Waals surface area (Å²) in [6.45, 7) is 1.14. The number of anilines is 2. The number of benzene rings is 2. The Morgan fingerprint density at radius 2 is 2.00 bits per heavy atom. The number of nitrogens with zero attached hydrogens (tertiary/aromatic N) is 1. The van der Waals surface area contributed by atoms with Crippen molar-refractivity contribution in [3.05, 3.63) is 53.8 Å². The number of carbonyl (C=O) groups excluding carboxylic acids is 3. The quantitative estimate of drug-likeness (QED) is 0.817. The van der Waals surface area contributed by atoms with E-state index in [4.69, 9.17) is 9.47 Å². The van der Waals surface area contributed by atoms with Crippen LogP contribution in [-0.4, -0.2) is 37.5 Å². The van der Waals surface area contributed by atoms with Crippen molar-refractivity contribution < 1.29 is 28.2 Å². The number of methoxy groups -OCH3 is 1. The van der Waals surface area contributed by atoms with Gasteiger partial charge in [0.1, 0.15) is 11.6 Å². The van der Waals surface area contributed by atoms with Gasteiger partial charge in [0.15, 0.2) is 6.61 Å². The third-order valence-electron chi connectivity index (χ3n) is 4.35. The summed E-state index contributed by atoms with van der Waals surface area (Å²) in [6.07, 6.45) is 0.0987. The molecule has 0 unspecified atom stereocenters. The molecule has 146 valence electrons. The molecule has 0 saturated heterocycles. The number of para-hydroxylation sites is 2. The van der Waals surface area contributed by atoms with Crippen molar-refractivity contribution in [1.82, 2.24) is 0 Å². The number of hydrogen-bond acceptors (Lipinski definition) is 5. The van der Waals surface area contributed by atoms with Crippen LogP contribution in [0.3, 0.4) is 0 Å². The maximum Gasteiger partial charge on any atom is 0.341 e. The molecule has 2 amide bonds. The van der Waals surface area contributed by atoms with E-state index in [0.717, 1.165) is 6.07 Å². The predicted molar refractivity (Wildman–Crippen MR) is 99.9 cm³/mol. The van der Waals surface area contributed by atoms with Crippen molar-refractivity contribution in [2.45, 2.75) is 19.4 Å². The molecular weight excluding hydrogens is 367 g/mol. The van der Waals surface area contributed by atoms with Crippen LogP contribution in [0.1, 0.15) is 23.7 Å². The number of halogens is 1. The fraction of sp³-hybridized carbons (Fsp3) is 0.250. The van der Waals surface area contributed by atoms with Crippen LogP contribution in [0.15, 0.2) is 42.5 Å². The van der Waals surface area contributed by atoms with Gasteiger partial charge in [-0.25, -0.2) is 9.18 Å². The number of rotatable bonds is 4. The van der Waals surface area contributed by atoms with E-state index in [9.17, 15) is 18.8 Å². The molecule has 0 radical (unpaired) electrons. The fourth-order valence-corrected chi connectivity index (χ4v) is 3.03. The van der Waals surface area contributed by atoms with E-state index < -0.39 is 30.3 Å². The topological polar surface area (TPSA) is 84.9 Å². The Balaban J connectivity index is 1.75. The molecule has 0 fully saturated rings. The van der Waals surface area contributed by atoms with Crippen LogP contribution >= 0.6 is 0 Å². The van der Waals surface area contributed by atoms with Gasteiger partial charge in [0, 0.05) is 18.5 Å². The number of nitrogens with one attached hydrogen (secondary N) is 1. The molecule has 0 aromatic heterocycles. The highest BCUT2D eigenvalue weighted by atomic mass is 19.1. The lowest BCUT2D eigenvalue weighted by molar-refractivity contribution is -0.122. The lowest BCUT2D eigenvalue weighted by Gasteiger charge is -2.27. The van der Waals surface area contributed by atoms with Gasteiger partial charge in [-0.05, 0) is 31.2 Å². The summed E-state index contributed by atoms with van der Waals surface area (Å²) in [5.74, 6) is -2.23. The van der Waals surface area contributed by atoms with Crippen molar-refractivity contribution in [3.63, 3.8) is 0 Å². The summed E-state index contributed by atoms with van der Waals surface area (Å²) in [5, 5.41) is 2.74. The molecule has 3 rings (SSSR count). The third kappa shape index (κ3) is 3.95. The van der Waals surface area contributed by atoms with Gasteiger partial charge in [-0.2, -0.15) is 0 Å². The standard InChI is InChI=1S/C20H19FN2O5/c1-12-9-18(24)22-16-5-3-4-6-17(16)23(12)19(25)11-28-20(26)14-8-7-13(27-2)10-15(14)21/h3-8,10,12H,9,11H2,1-2H3,(H,22,24)/t12-/m0/s1. The maximum atomic E-state index is 14.0. The first kappa shape index (κ1) is 19.3. The number of fused-ring (bicyclic) bond motifs is 1. The van der Waals surface area contributed by atoms with Gasteiger partial charge in [0.2, 0.25) is 5.91 Å². The Morgan fingerprint density at radius 3 is 2.71 bits per heavy atom. The molecule has 0 spiro atoms. The largest absolute Gasteiger partial charge is 0.497 e. The minimum atomic E-state index is -0.960. The number of ether oxygens (including phenoxy) is 2. The number of amides is 2. The Kier molecular flexibility index (Phi) is 5.58. The van der Waals surface area contributed by atoms with Crippen molar-refractivity contribution >= 4 is 29.2 Å². The van der Waals surface area contributed by atoms with E-state index in [1.807, 2.05) is 0 Å². The van der Waals surface area contributed by atoms with Gasteiger partial charge < -0.3 is 19.7 Å². The summed E-state index contributed by atoms with van der Waals surface area (Å²) in [4.78, 5) is 38.3. The van der Waals surface area contributed by atoms with Crippen LogP contribution in [-0.2, 0) is 14.3 Å². The van der Waals surface area contributed by atoms with Crippen LogP contribution in [0, 0.1) is 5.82 Å². The lowest BCUT2D eigenvalue weighted by Crippen LogP contribution is -2.41. The number of esters is 1. The zero-order valence-electron chi connectivity index (χ0n) is 15.4. The monoisotopic (exact) mass is 386 g/mol. The molecule has 2 aromatic carbocycles. The second-order valence-electron chi connectivity index (χ2n) is 6.30. The molecule has 1 atom stereocenters. The molecule has 1 heterocycles. The SMILES string of the molecule is COc1ccc(C(=O)OCC(=O)N2c3ccccc3NC(=O)C[C@@H]2C)c(F)c1. The van der Waals surface area contributed by atoms with E-state index in [1.54, 1.807) is 31.2 Å². The zero-order valence-corrected chi connectivity index (χ0v) is 15.4. The molecule has 1 aliphatic rings. The Morgan fingerprint density at radius 1 is 1.25 bits per heavy atom. The third-order valence-corrected chi connectivity index (χ3v) is 4.35. The molecule has 0 aliphatic carbocycles. The molecule has 8 heteroatoms. The number of hydrogen-bond donors (Lipinski definition) is 1. The van der Waals surface area contributed by atoms with Gasteiger partial charge in [0.25, 0.3) is 5.91 Å². The average molecular weight is 386 g/mol. The van der Waals surface area contributed by atoms with E-state index in [1.165, 1.54) is 24.1 Å². The molecule has 2 aromatic rings. The van der Waals surface area contributed by atoms with E-state index in [0.29, 0.717) is 11.4 Å². The zero-order chi connectivity index (χ0) is 20.3. The first-order chi connectivity index (χ1) is 13.4. The lowest BCUT2D eigenvalue weighted by atomic mass is 10.1. The summed E-state index contributed by atoms with van der Waals surface area (Å²) < 4.78 is 23.9. The summed E-state index contributed by atoms with van der Waals surface area (Å²) in [5.41, 5.74) is 0.713. The molecule has 0 bridgehead atoms. The minimum Gasteiger partial charge on any atom is -0.497 e. The second kappa shape index (κ2) is 8.08. The van der Waals surface area contributed by atoms with Crippen molar-refractivity contribution in [2.24, 2.45) is 0 Å². The van der Waals surface area contributed by atoms with Crippen molar-refractivity contribution in [1.29, 1.82) is 0 Å². The predicted octanol–water partition coefficient (Wildman–Crippen LogP) is 2.76. The van der Waals surface area contributed by atoms with Crippen LogP contribution in [0.2, 0.25) is 0 Å². The first-order valence-electron chi connectivity index (χ1n) is 8.62. The summed E-state index contributed by atoms with van der Waals surface area (Å²) >= 11 is 0. The first-order valence-corrected chi connectivity index (χ1v) is 8.62. The average Bonchev–Trinajstić information content (AvgIpc) is 2.79. The van der Waals surface area contributed by atoms with Crippen molar-refractivity contribution in [3.8, 4) is 5.75 Å². The molecule has 0 saturated carbocycles. The smallest absolute Gasteiger partial charge is 0.341 e. The molecular formula is C20H19FN2O5. The minimum absolute atomic E-state index is 0.0987. The molecule has 7 nitrogen and oxygen atoms in total. The van der Waals surface area contributed by atoms with Crippen molar-refractivity contribution in [2.75, 3.05) is 23.9 Å². The highest BCUT2D eigenvalue weighted by Crippen LogP contribution is 2.31. The number of carbonyl (C=O) groups is 3. The Hall–Kier alpha value is -3.42. The van der Waals surface area contributed by atoms with Crippen LogP contribution in [0.4, 0.5) is 15.8 Å². The van der Waals surface area contributed by atoms with Crippen LogP contribution in [0.5, 0.6) is 5.75 Å². The highest BCUT2D eigenvalue weighted by Gasteiger charge is 2.30. The Bertz CT molecular complexity index is 931. The summed E-state index contributed by atoms with van der Waals surface area (Å²) in [6, 6.07) is 10.1. The highest BCUT2D eigenvalue weighted by molar-refractivity contribution is 6.05. The van der Waals surface area contributed by atoms with E-state index in [-0.39, 0.29) is 23.6 Å². The van der Waals surface area contributed by atoms with Crippen LogP contribution in [0.25, 0.3) is 0 Å². The Labute approximate surface area is 161 Å². The fourth-order valence-electron chi connectivity index (χ4n) is 3.03. The van der Waals surface area contributed by atoms with Gasteiger partial charge in [0.05, 0.1) is 24.0 Å². The summed E-state index contributed by atoms with van der Waals surface area (Å²) in [7, 11) is 1.38. The van der Waals surface area contributed by atoms with Gasteiger partial charge >= 0.3 is 5.97 Å². The van der Waals surface area contributed by atoms with Gasteiger partial charge in [-0.3, -0.25) is 9.59 Å². The van der Waals surface area contributed by atoms with E-state index in [2.05, 4.69) is 5.32 Å². The second-order valence-corrected chi connectivity index (χ2v) is 6.30. The molecule has 1 aliphatic heterocycles. The maximum absolute atomic E-state index is 14.0. The van der Waals surface area contributed by atoms with Gasteiger partial charge in [-0.1, -0.05) is 12.1 Å². The van der Waals surface area contributed by atoms with Gasteiger partial charge in [-0.15, -0.1) is 0 Å². The van der Waals surface area contributed by atoms with Crippen LogP contribution < -0.4 is 15.0 Å².